The molecule has 8 nitrogen and oxygen atoms in total. The van der Waals surface area contributed by atoms with Gasteiger partial charge in [0.05, 0.1) is 4.92 Å². The summed E-state index contributed by atoms with van der Waals surface area (Å²) in [6.45, 7) is 4.02. The average molecular weight is 387 g/mol. The Balaban J connectivity index is 1.84. The van der Waals surface area contributed by atoms with Crippen molar-refractivity contribution in [2.24, 2.45) is 0 Å². The third-order valence-corrected chi connectivity index (χ3v) is 4.43. The number of ether oxygens (including phenoxy) is 1. The lowest BCUT2D eigenvalue weighted by molar-refractivity contribution is -0.388. The van der Waals surface area contributed by atoms with E-state index in [1.54, 1.807) is 22.8 Å². The van der Waals surface area contributed by atoms with Gasteiger partial charge in [-0.3, -0.25) is 14.7 Å². The fraction of sp³-hybridized carbons (Fsp3) is 0.118. The molecule has 10 heteroatoms. The smallest absolute Gasteiger partial charge is 0.301 e. The molecule has 0 atom stereocenters. The molecule has 138 valence electrons. The van der Waals surface area contributed by atoms with Gasteiger partial charge in [-0.05, 0) is 30.0 Å². The lowest BCUT2D eigenvalue weighted by atomic mass is 10.3. The number of allylic oxidation sites excluding steroid dienone is 1. The van der Waals surface area contributed by atoms with Crippen molar-refractivity contribution >= 4 is 17.4 Å². The zero-order valence-corrected chi connectivity index (χ0v) is 14.8. The van der Waals surface area contributed by atoms with Gasteiger partial charge in [0.1, 0.15) is 6.61 Å². The molecule has 0 bridgehead atoms. The number of pyridine rings is 1. The molecule has 0 spiro atoms. The summed E-state index contributed by atoms with van der Waals surface area (Å²) in [7, 11) is 0. The van der Waals surface area contributed by atoms with Crippen LogP contribution in [0.15, 0.2) is 65.4 Å². The van der Waals surface area contributed by atoms with Gasteiger partial charge >= 0.3 is 5.69 Å². The van der Waals surface area contributed by atoms with E-state index in [1.807, 2.05) is 0 Å². The molecule has 0 radical (unpaired) electrons. The van der Waals surface area contributed by atoms with Gasteiger partial charge in [0.25, 0.3) is 0 Å². The third-order valence-electron chi connectivity index (χ3n) is 3.43. The molecule has 1 aromatic carbocycles. The van der Waals surface area contributed by atoms with Crippen molar-refractivity contribution in [3.63, 3.8) is 0 Å². The number of halogens is 1. The lowest BCUT2D eigenvalue weighted by Crippen LogP contribution is -2.08. The predicted octanol–water partition coefficient (Wildman–Crippen LogP) is 3.64. The first kappa shape index (κ1) is 18.5. The number of benzene rings is 1. The number of aromatic nitrogens is 4. The van der Waals surface area contributed by atoms with Gasteiger partial charge in [-0.1, -0.05) is 18.2 Å². The van der Waals surface area contributed by atoms with Crippen LogP contribution in [0, 0.1) is 15.9 Å². The molecule has 0 aliphatic heterocycles. The Labute approximate surface area is 157 Å². The molecule has 0 N–H and O–H groups in total. The number of nitrogens with zero attached hydrogens (tertiary/aromatic N) is 5. The van der Waals surface area contributed by atoms with Crippen LogP contribution in [0.5, 0.6) is 5.75 Å². The van der Waals surface area contributed by atoms with Crippen molar-refractivity contribution in [1.29, 1.82) is 0 Å². The Kier molecular flexibility index (Phi) is 5.77. The van der Waals surface area contributed by atoms with Gasteiger partial charge in [0, 0.05) is 18.8 Å². The zero-order chi connectivity index (χ0) is 19.2. The fourth-order valence-corrected chi connectivity index (χ4v) is 3.11. The zero-order valence-electron chi connectivity index (χ0n) is 14.0. The fourth-order valence-electron chi connectivity index (χ4n) is 2.20. The Morgan fingerprint density at radius 3 is 2.85 bits per heavy atom. The molecule has 0 saturated carbocycles. The van der Waals surface area contributed by atoms with Crippen LogP contribution in [0.25, 0.3) is 0 Å². The minimum absolute atomic E-state index is 0.0212. The molecule has 0 aliphatic carbocycles. The SMILES string of the molecule is C=CCn1c(COc2ccccc2F)nnc1Sc1ncccc1[N+](=O)[O-]. The van der Waals surface area contributed by atoms with Gasteiger partial charge in [0.15, 0.2) is 27.6 Å². The largest absolute Gasteiger partial charge is 0.483 e. The first-order chi connectivity index (χ1) is 13.1. The summed E-state index contributed by atoms with van der Waals surface area (Å²) in [5.41, 5.74) is -0.125. The molecule has 3 aromatic rings. The van der Waals surface area contributed by atoms with E-state index in [1.165, 1.54) is 30.5 Å². The second-order valence-electron chi connectivity index (χ2n) is 5.20. The summed E-state index contributed by atoms with van der Waals surface area (Å²) >= 11 is 1.01. The highest BCUT2D eigenvalue weighted by Gasteiger charge is 2.20. The minimum atomic E-state index is -0.508. The summed E-state index contributed by atoms with van der Waals surface area (Å²) in [5, 5.41) is 19.9. The van der Waals surface area contributed by atoms with Crippen LogP contribution in [0.4, 0.5) is 10.1 Å². The number of rotatable bonds is 8. The summed E-state index contributed by atoms with van der Waals surface area (Å²) in [6, 6.07) is 8.89. The monoisotopic (exact) mass is 387 g/mol. The van der Waals surface area contributed by atoms with Gasteiger partial charge < -0.3 is 4.74 Å². The van der Waals surface area contributed by atoms with Crippen molar-refractivity contribution < 1.29 is 14.1 Å². The number of nitro groups is 1. The molecule has 3 rings (SSSR count). The van der Waals surface area contributed by atoms with E-state index in [0.717, 1.165) is 11.8 Å². The maximum atomic E-state index is 13.7. The van der Waals surface area contributed by atoms with Gasteiger partial charge in [-0.25, -0.2) is 9.37 Å². The van der Waals surface area contributed by atoms with Crippen molar-refractivity contribution in [1.82, 2.24) is 19.7 Å². The number of hydrogen-bond donors (Lipinski definition) is 0. The molecular formula is C17H14FN5O3S. The van der Waals surface area contributed by atoms with E-state index in [4.69, 9.17) is 4.74 Å². The molecule has 0 saturated heterocycles. The van der Waals surface area contributed by atoms with Crippen LogP contribution < -0.4 is 4.74 Å². The topological polar surface area (TPSA) is 96.0 Å². The Hall–Kier alpha value is -3.27. The second kappa shape index (κ2) is 8.41. The highest BCUT2D eigenvalue weighted by atomic mass is 32.2. The van der Waals surface area contributed by atoms with Gasteiger partial charge in [-0.2, -0.15) is 0 Å². The summed E-state index contributed by atoms with van der Waals surface area (Å²) in [5.74, 6) is 0.0467. The number of para-hydroxylation sites is 1. The van der Waals surface area contributed by atoms with E-state index in [2.05, 4.69) is 21.8 Å². The predicted molar refractivity (Wildman–Crippen MR) is 96.0 cm³/mol. The molecular weight excluding hydrogens is 373 g/mol. The Morgan fingerprint density at radius 1 is 1.30 bits per heavy atom. The van der Waals surface area contributed by atoms with E-state index >= 15 is 0 Å². The molecule has 0 fully saturated rings. The van der Waals surface area contributed by atoms with Crippen LogP contribution in [-0.2, 0) is 13.2 Å². The van der Waals surface area contributed by atoms with E-state index in [0.29, 0.717) is 17.5 Å². The third kappa shape index (κ3) is 4.29. The van der Waals surface area contributed by atoms with E-state index in [-0.39, 0.29) is 23.1 Å². The van der Waals surface area contributed by atoms with Crippen LogP contribution in [0.1, 0.15) is 5.82 Å². The average Bonchev–Trinajstić information content (AvgIpc) is 3.03. The van der Waals surface area contributed by atoms with Crippen molar-refractivity contribution in [2.75, 3.05) is 0 Å². The quantitative estimate of drug-likeness (QED) is 0.331. The van der Waals surface area contributed by atoms with Gasteiger partial charge in [-0.15, -0.1) is 16.8 Å². The van der Waals surface area contributed by atoms with Crippen molar-refractivity contribution in [3.8, 4) is 5.75 Å². The highest BCUT2D eigenvalue weighted by molar-refractivity contribution is 7.99. The first-order valence-corrected chi connectivity index (χ1v) is 8.59. The van der Waals surface area contributed by atoms with Crippen LogP contribution in [-0.4, -0.2) is 24.7 Å². The molecule has 0 aliphatic rings. The maximum Gasteiger partial charge on any atom is 0.301 e. The number of hydrogen-bond acceptors (Lipinski definition) is 7. The summed E-state index contributed by atoms with van der Waals surface area (Å²) in [6.07, 6.45) is 3.10. The van der Waals surface area contributed by atoms with Crippen LogP contribution >= 0.6 is 11.8 Å². The Bertz CT molecular complexity index is 979. The van der Waals surface area contributed by atoms with Crippen LogP contribution in [0.2, 0.25) is 0 Å². The van der Waals surface area contributed by atoms with Gasteiger partial charge in [0.2, 0.25) is 0 Å². The van der Waals surface area contributed by atoms with Crippen molar-refractivity contribution in [2.45, 2.75) is 23.3 Å². The first-order valence-electron chi connectivity index (χ1n) is 7.77. The summed E-state index contributed by atoms with van der Waals surface area (Å²) < 4.78 is 20.8. The second-order valence-corrected chi connectivity index (χ2v) is 6.16. The molecule has 27 heavy (non-hydrogen) atoms. The maximum absolute atomic E-state index is 13.7. The van der Waals surface area contributed by atoms with E-state index < -0.39 is 10.7 Å². The Morgan fingerprint density at radius 2 is 2.11 bits per heavy atom. The minimum Gasteiger partial charge on any atom is -0.483 e. The molecule has 0 amide bonds. The standard InChI is InChI=1S/C17H14FN5O3S/c1-2-10-22-15(11-26-14-8-4-3-6-12(14)18)20-21-17(22)27-16-13(23(24)25)7-5-9-19-16/h2-9H,1,10-11H2. The van der Waals surface area contributed by atoms with E-state index in [9.17, 15) is 14.5 Å². The normalized spacial score (nSPS) is 10.6. The summed E-state index contributed by atoms with van der Waals surface area (Å²) in [4.78, 5) is 14.7. The van der Waals surface area contributed by atoms with Crippen LogP contribution in [0.3, 0.4) is 0 Å². The molecule has 2 heterocycles. The molecule has 0 unspecified atom stereocenters. The highest BCUT2D eigenvalue weighted by Crippen LogP contribution is 2.32. The lowest BCUT2D eigenvalue weighted by Gasteiger charge is -2.09. The molecule has 2 aromatic heterocycles. The van der Waals surface area contributed by atoms with Crippen molar-refractivity contribution in [3.05, 3.63) is 77.0 Å².